The molecule has 0 aromatic carbocycles. The van der Waals surface area contributed by atoms with Crippen LogP contribution in [-0.2, 0) is 9.59 Å². The second-order valence-corrected chi connectivity index (χ2v) is 5.47. The number of ether oxygens (including phenoxy) is 1. The molecule has 1 amide bonds. The summed E-state index contributed by atoms with van der Waals surface area (Å²) in [6, 6.07) is 2.70. The minimum atomic E-state index is -0.643. The first-order chi connectivity index (χ1) is 11.2. The normalized spacial score (nSPS) is 11.7. The van der Waals surface area contributed by atoms with Crippen molar-refractivity contribution in [3.8, 4) is 5.75 Å². The topological polar surface area (TPSA) is 94.3 Å². The minimum Gasteiger partial charge on any atom is -0.423 e. The van der Waals surface area contributed by atoms with Crippen molar-refractivity contribution < 1.29 is 14.3 Å². The molecule has 0 aliphatic rings. The number of nitrogens with one attached hydrogen (secondary N) is 1. The summed E-state index contributed by atoms with van der Waals surface area (Å²) < 4.78 is 5.29. The number of unbranched alkanes of at least 4 members (excludes halogenated alkanes) is 3. The smallest absolute Gasteiger partial charge is 0.334 e. The second-order valence-electron chi connectivity index (χ2n) is 5.47. The Morgan fingerprint density at radius 2 is 2.13 bits per heavy atom. The molecule has 6 heteroatoms. The molecule has 0 saturated heterocycles. The van der Waals surface area contributed by atoms with E-state index < -0.39 is 12.0 Å². The highest BCUT2D eigenvalue weighted by atomic mass is 16.5. The van der Waals surface area contributed by atoms with Gasteiger partial charge in [-0.3, -0.25) is 9.78 Å². The van der Waals surface area contributed by atoms with Gasteiger partial charge in [-0.05, 0) is 44.4 Å². The number of carbonyl (C=O) groups is 2. The van der Waals surface area contributed by atoms with Crippen LogP contribution in [0.4, 0.5) is 0 Å². The van der Waals surface area contributed by atoms with Gasteiger partial charge in [0.15, 0.2) is 0 Å². The van der Waals surface area contributed by atoms with Crippen LogP contribution < -0.4 is 15.8 Å². The van der Waals surface area contributed by atoms with E-state index in [9.17, 15) is 9.59 Å². The highest BCUT2D eigenvalue weighted by Crippen LogP contribution is 2.10. The van der Waals surface area contributed by atoms with Crippen LogP contribution in [0.25, 0.3) is 0 Å². The van der Waals surface area contributed by atoms with Gasteiger partial charge in [-0.1, -0.05) is 19.8 Å². The number of hydrogen-bond donors (Lipinski definition) is 2. The zero-order chi connectivity index (χ0) is 16.9. The van der Waals surface area contributed by atoms with Crippen LogP contribution >= 0.6 is 0 Å². The van der Waals surface area contributed by atoms with E-state index in [0.29, 0.717) is 25.1 Å². The molecule has 0 radical (unpaired) electrons. The Morgan fingerprint density at radius 3 is 2.78 bits per heavy atom. The average molecular weight is 321 g/mol. The average Bonchev–Trinajstić information content (AvgIpc) is 2.55. The Bertz CT molecular complexity index is 465. The molecule has 1 aromatic heterocycles. The lowest BCUT2D eigenvalue weighted by atomic mass is 10.1. The van der Waals surface area contributed by atoms with Crippen molar-refractivity contribution >= 4 is 11.9 Å². The van der Waals surface area contributed by atoms with Crippen LogP contribution in [-0.4, -0.2) is 29.4 Å². The van der Waals surface area contributed by atoms with Crippen LogP contribution in [0, 0.1) is 0 Å². The SMILES string of the molecule is CCCCCC(=O)NC(CCCCN)C(=O)Oc1cccnc1. The van der Waals surface area contributed by atoms with E-state index >= 15 is 0 Å². The van der Waals surface area contributed by atoms with Gasteiger partial charge in [0.2, 0.25) is 5.91 Å². The molecule has 0 aliphatic carbocycles. The number of nitrogens with two attached hydrogens (primary N) is 1. The van der Waals surface area contributed by atoms with E-state index in [2.05, 4.69) is 17.2 Å². The number of hydrogen-bond acceptors (Lipinski definition) is 5. The molecule has 0 spiro atoms. The van der Waals surface area contributed by atoms with E-state index in [-0.39, 0.29) is 5.91 Å². The van der Waals surface area contributed by atoms with Crippen molar-refractivity contribution in [3.05, 3.63) is 24.5 Å². The standard InChI is InChI=1S/C17H27N3O3/c1-2-3-4-10-16(21)20-15(9-5-6-11-18)17(22)23-14-8-7-12-19-13-14/h7-8,12-13,15H,2-6,9-11,18H2,1H3,(H,20,21). The van der Waals surface area contributed by atoms with Gasteiger partial charge < -0.3 is 15.8 Å². The molecule has 1 atom stereocenters. The predicted molar refractivity (Wildman–Crippen MR) is 88.9 cm³/mol. The summed E-state index contributed by atoms with van der Waals surface area (Å²) in [5, 5.41) is 2.78. The van der Waals surface area contributed by atoms with Crippen molar-refractivity contribution in [3.63, 3.8) is 0 Å². The fraction of sp³-hybridized carbons (Fsp3) is 0.588. The number of nitrogens with zero attached hydrogens (tertiary/aromatic N) is 1. The van der Waals surface area contributed by atoms with Crippen molar-refractivity contribution in [1.29, 1.82) is 0 Å². The molecule has 23 heavy (non-hydrogen) atoms. The molecule has 0 bridgehead atoms. The number of rotatable bonds is 11. The zero-order valence-corrected chi connectivity index (χ0v) is 13.8. The molecule has 1 aromatic rings. The van der Waals surface area contributed by atoms with Gasteiger partial charge in [0.05, 0.1) is 6.20 Å². The molecule has 3 N–H and O–H groups in total. The van der Waals surface area contributed by atoms with E-state index in [1.165, 1.54) is 6.20 Å². The monoisotopic (exact) mass is 321 g/mol. The number of esters is 1. The van der Waals surface area contributed by atoms with Crippen LogP contribution in [0.1, 0.15) is 51.9 Å². The summed E-state index contributed by atoms with van der Waals surface area (Å²) in [4.78, 5) is 28.1. The molecular formula is C17H27N3O3. The third-order valence-corrected chi connectivity index (χ3v) is 3.43. The quantitative estimate of drug-likeness (QED) is 0.481. The minimum absolute atomic E-state index is 0.112. The van der Waals surface area contributed by atoms with E-state index in [4.69, 9.17) is 10.5 Å². The zero-order valence-electron chi connectivity index (χ0n) is 13.8. The molecule has 1 heterocycles. The Morgan fingerprint density at radius 1 is 1.30 bits per heavy atom. The Balaban J connectivity index is 2.55. The van der Waals surface area contributed by atoms with Crippen LogP contribution in [0.5, 0.6) is 5.75 Å². The highest BCUT2D eigenvalue weighted by Gasteiger charge is 2.22. The maximum atomic E-state index is 12.3. The number of amides is 1. The van der Waals surface area contributed by atoms with Gasteiger partial charge >= 0.3 is 5.97 Å². The maximum absolute atomic E-state index is 12.3. The molecule has 1 unspecified atom stereocenters. The predicted octanol–water partition coefficient (Wildman–Crippen LogP) is 2.18. The first-order valence-electron chi connectivity index (χ1n) is 8.28. The van der Waals surface area contributed by atoms with Crippen molar-refractivity contribution in [2.45, 2.75) is 57.9 Å². The number of carbonyl (C=O) groups excluding carboxylic acids is 2. The lowest BCUT2D eigenvalue weighted by Crippen LogP contribution is -2.43. The fourth-order valence-electron chi connectivity index (χ4n) is 2.14. The molecular weight excluding hydrogens is 294 g/mol. The highest BCUT2D eigenvalue weighted by molar-refractivity contribution is 5.85. The largest absolute Gasteiger partial charge is 0.423 e. The van der Waals surface area contributed by atoms with Gasteiger partial charge in [-0.2, -0.15) is 0 Å². The van der Waals surface area contributed by atoms with Gasteiger partial charge in [0.1, 0.15) is 11.8 Å². The first kappa shape index (κ1) is 19.1. The summed E-state index contributed by atoms with van der Waals surface area (Å²) in [7, 11) is 0. The fourth-order valence-corrected chi connectivity index (χ4v) is 2.14. The summed E-state index contributed by atoms with van der Waals surface area (Å²) >= 11 is 0. The lowest BCUT2D eigenvalue weighted by Gasteiger charge is -2.17. The first-order valence-corrected chi connectivity index (χ1v) is 8.28. The van der Waals surface area contributed by atoms with Crippen molar-refractivity contribution in [2.24, 2.45) is 5.73 Å². The van der Waals surface area contributed by atoms with Gasteiger partial charge in [-0.25, -0.2) is 4.79 Å². The summed E-state index contributed by atoms with van der Waals surface area (Å²) in [6.45, 7) is 2.65. The second kappa shape index (κ2) is 11.6. The molecule has 0 fully saturated rings. The third-order valence-electron chi connectivity index (χ3n) is 3.43. The van der Waals surface area contributed by atoms with Crippen molar-refractivity contribution in [1.82, 2.24) is 10.3 Å². The van der Waals surface area contributed by atoms with Crippen molar-refractivity contribution in [2.75, 3.05) is 6.54 Å². The molecule has 0 saturated carbocycles. The van der Waals surface area contributed by atoms with Crippen LogP contribution in [0.3, 0.4) is 0 Å². The number of pyridine rings is 1. The van der Waals surface area contributed by atoms with Gasteiger partial charge in [-0.15, -0.1) is 0 Å². The van der Waals surface area contributed by atoms with Gasteiger partial charge in [0.25, 0.3) is 0 Å². The molecule has 0 aliphatic heterocycles. The van der Waals surface area contributed by atoms with E-state index in [1.54, 1.807) is 18.3 Å². The van der Waals surface area contributed by atoms with Crippen LogP contribution in [0.2, 0.25) is 0 Å². The summed E-state index contributed by atoms with van der Waals surface area (Å²) in [5.41, 5.74) is 5.48. The summed E-state index contributed by atoms with van der Waals surface area (Å²) in [6.07, 6.45) is 8.48. The van der Waals surface area contributed by atoms with Gasteiger partial charge in [0, 0.05) is 12.6 Å². The lowest BCUT2D eigenvalue weighted by molar-refractivity contribution is -0.139. The maximum Gasteiger partial charge on any atom is 0.334 e. The Labute approximate surface area is 137 Å². The summed E-state index contributed by atoms with van der Waals surface area (Å²) in [5.74, 6) is -0.195. The van der Waals surface area contributed by atoms with Crippen LogP contribution in [0.15, 0.2) is 24.5 Å². The van der Waals surface area contributed by atoms with E-state index in [0.717, 1.165) is 32.1 Å². The molecule has 1 rings (SSSR count). The number of aromatic nitrogens is 1. The Hall–Kier alpha value is -1.95. The molecule has 128 valence electrons. The van der Waals surface area contributed by atoms with E-state index in [1.807, 2.05) is 0 Å². The Kier molecular flexibility index (Phi) is 9.63. The molecule has 6 nitrogen and oxygen atoms in total. The third kappa shape index (κ3) is 8.30.